The lowest BCUT2D eigenvalue weighted by molar-refractivity contribution is -0.131. The van der Waals surface area contributed by atoms with Gasteiger partial charge in [-0.3, -0.25) is 24.4 Å². The van der Waals surface area contributed by atoms with Gasteiger partial charge in [0, 0.05) is 23.2 Å². The maximum atomic E-state index is 14.2. The Morgan fingerprint density at radius 3 is 1.80 bits per heavy atom. The zero-order valence-electron chi connectivity index (χ0n) is 19.4. The summed E-state index contributed by atoms with van der Waals surface area (Å²) in [7, 11) is 1.51. The largest absolute Gasteiger partial charge is 0.495 e. The lowest BCUT2D eigenvalue weighted by Crippen LogP contribution is -2.42. The maximum absolute atomic E-state index is 14.2. The SMILES string of the molecule is COc1ccccc1N1C(=O)[C@@H]2[C@H](C1=O)[C@@]1(C)C(=O)[C@]2(C)c2c1c1cccnc1c1ncccc21. The lowest BCUT2D eigenvalue weighted by Gasteiger charge is -2.34. The van der Waals surface area contributed by atoms with Crippen molar-refractivity contribution in [3.63, 3.8) is 0 Å². The number of carbonyl (C=O) groups excluding carboxylic acids is 3. The number of aromatic nitrogens is 2. The molecule has 4 atom stereocenters. The average molecular weight is 463 g/mol. The van der Waals surface area contributed by atoms with Crippen molar-refractivity contribution in [1.29, 1.82) is 0 Å². The third-order valence-corrected chi connectivity index (χ3v) is 8.49. The van der Waals surface area contributed by atoms with E-state index in [1.54, 1.807) is 36.7 Å². The van der Waals surface area contributed by atoms with Crippen LogP contribution in [0.5, 0.6) is 5.75 Å². The van der Waals surface area contributed by atoms with Crippen molar-refractivity contribution >= 4 is 45.1 Å². The van der Waals surface area contributed by atoms with E-state index in [1.165, 1.54) is 12.0 Å². The molecule has 2 bridgehead atoms. The highest BCUT2D eigenvalue weighted by molar-refractivity contribution is 6.32. The number of ketones is 1. The second kappa shape index (κ2) is 6.30. The van der Waals surface area contributed by atoms with Gasteiger partial charge in [0.25, 0.3) is 0 Å². The zero-order chi connectivity index (χ0) is 24.3. The molecule has 0 unspecified atom stereocenters. The minimum absolute atomic E-state index is 0.0853. The van der Waals surface area contributed by atoms with Crippen LogP contribution >= 0.6 is 0 Å². The van der Waals surface area contributed by atoms with E-state index in [9.17, 15) is 14.4 Å². The molecule has 1 aliphatic heterocycles. The summed E-state index contributed by atoms with van der Waals surface area (Å²) in [4.78, 5) is 52.7. The molecule has 0 radical (unpaired) electrons. The third-order valence-electron chi connectivity index (χ3n) is 8.49. The minimum Gasteiger partial charge on any atom is -0.495 e. The predicted molar refractivity (Wildman–Crippen MR) is 129 cm³/mol. The highest BCUT2D eigenvalue weighted by Crippen LogP contribution is 2.68. The molecule has 0 N–H and O–H groups in total. The van der Waals surface area contributed by atoms with Gasteiger partial charge in [0.1, 0.15) is 5.75 Å². The summed E-state index contributed by atoms with van der Waals surface area (Å²) in [6.45, 7) is 3.66. The van der Waals surface area contributed by atoms with Crippen LogP contribution in [0.15, 0.2) is 60.9 Å². The Bertz CT molecular complexity index is 1570. The number of nitrogens with zero attached hydrogens (tertiary/aromatic N) is 3. The van der Waals surface area contributed by atoms with Gasteiger partial charge < -0.3 is 4.74 Å². The van der Waals surface area contributed by atoms with Crippen LogP contribution in [-0.2, 0) is 25.2 Å². The van der Waals surface area contributed by atoms with Crippen molar-refractivity contribution < 1.29 is 19.1 Å². The highest BCUT2D eigenvalue weighted by Gasteiger charge is 2.78. The quantitative estimate of drug-likeness (QED) is 0.333. The van der Waals surface area contributed by atoms with Crippen LogP contribution in [0.25, 0.3) is 21.8 Å². The highest BCUT2D eigenvalue weighted by atomic mass is 16.5. The first-order valence-corrected chi connectivity index (χ1v) is 11.6. The number of anilines is 1. The Hall–Kier alpha value is -4.13. The molecule has 2 fully saturated rings. The van der Waals surface area contributed by atoms with Crippen molar-refractivity contribution in [2.24, 2.45) is 11.8 Å². The molecule has 172 valence electrons. The van der Waals surface area contributed by atoms with Crippen molar-refractivity contribution in [2.45, 2.75) is 24.7 Å². The Morgan fingerprint density at radius 2 is 1.29 bits per heavy atom. The second-order valence-corrected chi connectivity index (χ2v) is 9.92. The van der Waals surface area contributed by atoms with E-state index in [0.29, 0.717) is 22.5 Å². The Kier molecular flexibility index (Phi) is 3.65. The van der Waals surface area contributed by atoms with Gasteiger partial charge in [-0.1, -0.05) is 24.3 Å². The molecular formula is C28H21N3O4. The molecule has 1 saturated carbocycles. The van der Waals surface area contributed by atoms with E-state index in [0.717, 1.165) is 21.9 Å². The monoisotopic (exact) mass is 463 g/mol. The fraction of sp³-hybridized carbons (Fsp3) is 0.250. The minimum atomic E-state index is -1.16. The molecule has 4 aromatic rings. The number of methoxy groups -OCH3 is 1. The summed E-state index contributed by atoms with van der Waals surface area (Å²) in [5.41, 5.74) is 1.08. The molecule has 7 nitrogen and oxygen atoms in total. The summed E-state index contributed by atoms with van der Waals surface area (Å²) in [5.74, 6) is -1.98. The fourth-order valence-electron chi connectivity index (χ4n) is 7.18. The first-order chi connectivity index (χ1) is 16.9. The van der Waals surface area contributed by atoms with Crippen LogP contribution in [0.1, 0.15) is 25.0 Å². The van der Waals surface area contributed by atoms with Crippen molar-refractivity contribution in [2.75, 3.05) is 12.0 Å². The molecule has 2 aromatic carbocycles. The van der Waals surface area contributed by atoms with E-state index in [1.807, 2.05) is 38.1 Å². The summed E-state index contributed by atoms with van der Waals surface area (Å²) in [6.07, 6.45) is 3.41. The van der Waals surface area contributed by atoms with E-state index in [4.69, 9.17) is 4.74 Å². The topological polar surface area (TPSA) is 89.5 Å². The molecule has 7 heteroatoms. The number of hydrogen-bond acceptors (Lipinski definition) is 6. The number of pyridine rings is 2. The van der Waals surface area contributed by atoms with Crippen molar-refractivity contribution in [3.05, 3.63) is 72.1 Å². The average Bonchev–Trinajstić information content (AvgIpc) is 3.33. The number of para-hydroxylation sites is 2. The molecule has 1 saturated heterocycles. The van der Waals surface area contributed by atoms with Crippen LogP contribution < -0.4 is 9.64 Å². The zero-order valence-corrected chi connectivity index (χ0v) is 19.4. The number of carbonyl (C=O) groups is 3. The maximum Gasteiger partial charge on any atom is 0.239 e. The van der Waals surface area contributed by atoms with Crippen molar-refractivity contribution in [1.82, 2.24) is 9.97 Å². The third kappa shape index (κ3) is 2.03. The Morgan fingerprint density at radius 1 is 0.771 bits per heavy atom. The summed E-state index contributed by atoms with van der Waals surface area (Å²) in [5, 5.41) is 1.62. The Balaban J connectivity index is 1.57. The number of Topliss-reactive ketones (excluding diaryl/α,β-unsaturated/α-hetero) is 1. The number of imide groups is 1. The molecule has 2 aromatic heterocycles. The summed E-state index contributed by atoms with van der Waals surface area (Å²) < 4.78 is 5.46. The number of benzene rings is 2. The van der Waals surface area contributed by atoms with Gasteiger partial charge in [0.15, 0.2) is 5.78 Å². The molecule has 7 rings (SSSR count). The first-order valence-electron chi connectivity index (χ1n) is 11.6. The molecule has 2 aliphatic carbocycles. The van der Waals surface area contributed by atoms with Gasteiger partial charge in [-0.15, -0.1) is 0 Å². The van der Waals surface area contributed by atoms with Gasteiger partial charge in [0.2, 0.25) is 11.8 Å². The van der Waals surface area contributed by atoms with Crippen LogP contribution in [0.3, 0.4) is 0 Å². The van der Waals surface area contributed by atoms with E-state index in [-0.39, 0.29) is 17.6 Å². The van der Waals surface area contributed by atoms with Gasteiger partial charge in [-0.2, -0.15) is 0 Å². The summed E-state index contributed by atoms with van der Waals surface area (Å²) >= 11 is 0. The number of ether oxygens (including phenoxy) is 1. The molecule has 0 spiro atoms. The van der Waals surface area contributed by atoms with Crippen LogP contribution in [0.2, 0.25) is 0 Å². The smallest absolute Gasteiger partial charge is 0.239 e. The fourth-order valence-corrected chi connectivity index (χ4v) is 7.18. The predicted octanol–water partition coefficient (Wildman–Crippen LogP) is 3.71. The Labute approximate surface area is 200 Å². The second-order valence-electron chi connectivity index (χ2n) is 9.92. The number of hydrogen-bond donors (Lipinski definition) is 0. The van der Waals surface area contributed by atoms with Gasteiger partial charge in [-0.05, 0) is 49.2 Å². The number of amides is 2. The van der Waals surface area contributed by atoms with Crippen LogP contribution in [-0.4, -0.2) is 34.7 Å². The molecule has 2 amide bonds. The van der Waals surface area contributed by atoms with Crippen LogP contribution in [0.4, 0.5) is 5.69 Å². The first kappa shape index (κ1) is 20.3. The van der Waals surface area contributed by atoms with E-state index < -0.39 is 22.7 Å². The molecule has 35 heavy (non-hydrogen) atoms. The van der Waals surface area contributed by atoms with E-state index >= 15 is 0 Å². The molecule has 3 aliphatic rings. The van der Waals surface area contributed by atoms with Gasteiger partial charge in [-0.25, -0.2) is 4.90 Å². The lowest BCUT2D eigenvalue weighted by atomic mass is 9.64. The normalized spacial score (nSPS) is 28.8. The van der Waals surface area contributed by atoms with Crippen LogP contribution in [0, 0.1) is 11.8 Å². The number of fused-ring (bicyclic) bond motifs is 13. The van der Waals surface area contributed by atoms with Gasteiger partial charge >= 0.3 is 0 Å². The standard InChI is InChI=1S/C28H21N3O4/c1-27-18-14-8-6-12-29-22(14)23-15(9-7-13-30-23)19(18)28(2,26(27)34)21-20(27)24(32)31(25(21)33)16-10-4-5-11-17(16)35-3/h4-13,20-21H,1-3H3/t20-,21+,27+,28-. The molecule has 3 heterocycles. The molecular weight excluding hydrogens is 442 g/mol. The van der Waals surface area contributed by atoms with E-state index in [2.05, 4.69) is 9.97 Å². The summed E-state index contributed by atoms with van der Waals surface area (Å²) in [6, 6.07) is 14.5. The number of rotatable bonds is 2. The van der Waals surface area contributed by atoms with Gasteiger partial charge in [0.05, 0.1) is 46.5 Å². The van der Waals surface area contributed by atoms with Crippen molar-refractivity contribution in [3.8, 4) is 5.75 Å².